The lowest BCUT2D eigenvalue weighted by molar-refractivity contribution is 0.175. The van der Waals surface area contributed by atoms with Gasteiger partial charge in [-0.25, -0.2) is 0 Å². The van der Waals surface area contributed by atoms with Crippen LogP contribution >= 0.6 is 0 Å². The van der Waals surface area contributed by atoms with Crippen LogP contribution < -0.4 is 0 Å². The molecule has 0 spiro atoms. The molecule has 1 heterocycles. The lowest BCUT2D eigenvalue weighted by atomic mass is 10.1. The molecule has 1 atom stereocenters. The summed E-state index contributed by atoms with van der Waals surface area (Å²) in [5.41, 5.74) is 2.64. The minimum absolute atomic E-state index is 0.111. The van der Waals surface area contributed by atoms with Gasteiger partial charge in [-0.1, -0.05) is 29.8 Å². The molecule has 1 unspecified atom stereocenters. The van der Waals surface area contributed by atoms with Crippen molar-refractivity contribution in [3.05, 3.63) is 35.4 Å². The number of aryl methyl sites for hydroxylation is 1. The molecule has 1 fully saturated rings. The minimum Gasteiger partial charge on any atom is -0.392 e. The molecule has 76 valence electrons. The quantitative estimate of drug-likeness (QED) is 0.767. The molecule has 2 heteroatoms. The molecule has 1 N–H and O–H groups in total. The van der Waals surface area contributed by atoms with Crippen LogP contribution in [-0.4, -0.2) is 29.2 Å². The van der Waals surface area contributed by atoms with E-state index in [1.165, 1.54) is 11.1 Å². The second-order valence-electron chi connectivity index (χ2n) is 4.16. The van der Waals surface area contributed by atoms with Gasteiger partial charge in [-0.2, -0.15) is 0 Å². The zero-order chi connectivity index (χ0) is 9.97. The van der Waals surface area contributed by atoms with Crippen LogP contribution in [-0.2, 0) is 6.54 Å². The molecule has 1 aromatic rings. The van der Waals surface area contributed by atoms with E-state index in [-0.39, 0.29) is 6.10 Å². The molecule has 1 aromatic carbocycles. The molecule has 1 aliphatic rings. The van der Waals surface area contributed by atoms with Gasteiger partial charge in [0, 0.05) is 19.6 Å². The van der Waals surface area contributed by atoms with Gasteiger partial charge in [0.25, 0.3) is 0 Å². The highest BCUT2D eigenvalue weighted by Crippen LogP contribution is 2.13. The molecular weight excluding hydrogens is 174 g/mol. The Balaban J connectivity index is 1.94. The number of aliphatic hydroxyl groups is 1. The average molecular weight is 191 g/mol. The summed E-state index contributed by atoms with van der Waals surface area (Å²) in [4.78, 5) is 2.30. The largest absolute Gasteiger partial charge is 0.392 e. The Kier molecular flexibility index (Phi) is 2.85. The minimum atomic E-state index is -0.111. The second-order valence-corrected chi connectivity index (χ2v) is 4.16. The normalized spacial score (nSPS) is 22.9. The number of β-amino-alcohol motifs (C(OH)–C–C–N with tert-alkyl or cyclic N) is 1. The van der Waals surface area contributed by atoms with Crippen molar-refractivity contribution in [2.75, 3.05) is 13.1 Å². The summed E-state index contributed by atoms with van der Waals surface area (Å²) in [6, 6.07) is 8.61. The number of hydrogen-bond acceptors (Lipinski definition) is 2. The van der Waals surface area contributed by atoms with Gasteiger partial charge in [0.15, 0.2) is 0 Å². The lowest BCUT2D eigenvalue weighted by Crippen LogP contribution is -2.21. The van der Waals surface area contributed by atoms with Crippen LogP contribution in [0, 0.1) is 6.92 Å². The first-order chi connectivity index (χ1) is 6.74. The molecular formula is C12H17NO. The number of nitrogens with zero attached hydrogens (tertiary/aromatic N) is 1. The Morgan fingerprint density at radius 1 is 1.36 bits per heavy atom. The summed E-state index contributed by atoms with van der Waals surface area (Å²) in [5.74, 6) is 0. The van der Waals surface area contributed by atoms with Crippen LogP contribution in [0.25, 0.3) is 0 Å². The fraction of sp³-hybridized carbons (Fsp3) is 0.500. The molecule has 2 nitrogen and oxygen atoms in total. The van der Waals surface area contributed by atoms with Crippen molar-refractivity contribution in [2.45, 2.75) is 26.0 Å². The van der Waals surface area contributed by atoms with E-state index in [4.69, 9.17) is 0 Å². The summed E-state index contributed by atoms with van der Waals surface area (Å²) < 4.78 is 0. The highest BCUT2D eigenvalue weighted by molar-refractivity contribution is 5.21. The standard InChI is InChI=1S/C12H17NO/c1-10-2-4-11(5-3-10)8-13-7-6-12(14)9-13/h2-5,12,14H,6-9H2,1H3. The first-order valence-corrected chi connectivity index (χ1v) is 5.20. The zero-order valence-electron chi connectivity index (χ0n) is 8.61. The summed E-state index contributed by atoms with van der Waals surface area (Å²) in [7, 11) is 0. The van der Waals surface area contributed by atoms with Crippen molar-refractivity contribution >= 4 is 0 Å². The fourth-order valence-corrected chi connectivity index (χ4v) is 1.91. The number of rotatable bonds is 2. The van der Waals surface area contributed by atoms with Crippen LogP contribution in [0.3, 0.4) is 0 Å². The van der Waals surface area contributed by atoms with Gasteiger partial charge in [-0.15, -0.1) is 0 Å². The molecule has 0 bridgehead atoms. The topological polar surface area (TPSA) is 23.5 Å². The van der Waals surface area contributed by atoms with Crippen LogP contribution in [0.5, 0.6) is 0 Å². The van der Waals surface area contributed by atoms with Crippen molar-refractivity contribution < 1.29 is 5.11 Å². The maximum absolute atomic E-state index is 9.38. The Labute approximate surface area is 85.2 Å². The van der Waals surface area contributed by atoms with Gasteiger partial charge < -0.3 is 5.11 Å². The van der Waals surface area contributed by atoms with E-state index in [0.717, 1.165) is 26.1 Å². The molecule has 2 rings (SSSR count). The SMILES string of the molecule is Cc1ccc(CN2CCC(O)C2)cc1. The van der Waals surface area contributed by atoms with Crippen molar-refractivity contribution in [2.24, 2.45) is 0 Å². The molecule has 0 amide bonds. The molecule has 1 saturated heterocycles. The van der Waals surface area contributed by atoms with Gasteiger partial charge in [-0.05, 0) is 18.9 Å². The first-order valence-electron chi connectivity index (χ1n) is 5.20. The van der Waals surface area contributed by atoms with Gasteiger partial charge in [0.05, 0.1) is 6.10 Å². The van der Waals surface area contributed by atoms with Gasteiger partial charge in [0.2, 0.25) is 0 Å². The fourth-order valence-electron chi connectivity index (χ4n) is 1.91. The smallest absolute Gasteiger partial charge is 0.0679 e. The van der Waals surface area contributed by atoms with Crippen molar-refractivity contribution in [3.8, 4) is 0 Å². The highest BCUT2D eigenvalue weighted by atomic mass is 16.3. The third kappa shape index (κ3) is 2.34. The number of benzene rings is 1. The lowest BCUT2D eigenvalue weighted by Gasteiger charge is -2.14. The van der Waals surface area contributed by atoms with Crippen LogP contribution in [0.1, 0.15) is 17.5 Å². The third-order valence-corrected chi connectivity index (χ3v) is 2.77. The Morgan fingerprint density at radius 3 is 2.64 bits per heavy atom. The van der Waals surface area contributed by atoms with Crippen LogP contribution in [0.15, 0.2) is 24.3 Å². The zero-order valence-corrected chi connectivity index (χ0v) is 8.61. The van der Waals surface area contributed by atoms with Gasteiger partial charge >= 0.3 is 0 Å². The molecule has 0 saturated carbocycles. The molecule has 0 radical (unpaired) electrons. The number of hydrogen-bond donors (Lipinski definition) is 1. The van der Waals surface area contributed by atoms with Crippen LogP contribution in [0.2, 0.25) is 0 Å². The average Bonchev–Trinajstić information content (AvgIpc) is 2.56. The van der Waals surface area contributed by atoms with Crippen molar-refractivity contribution in [1.29, 1.82) is 0 Å². The number of likely N-dealkylation sites (tertiary alicyclic amines) is 1. The highest BCUT2D eigenvalue weighted by Gasteiger charge is 2.19. The predicted octanol–water partition coefficient (Wildman–Crippen LogP) is 1.56. The van der Waals surface area contributed by atoms with E-state index in [1.54, 1.807) is 0 Å². The molecule has 14 heavy (non-hydrogen) atoms. The number of aliphatic hydroxyl groups excluding tert-OH is 1. The van der Waals surface area contributed by atoms with E-state index < -0.39 is 0 Å². The predicted molar refractivity (Wildman–Crippen MR) is 57.1 cm³/mol. The summed E-state index contributed by atoms with van der Waals surface area (Å²) in [5, 5.41) is 9.38. The van der Waals surface area contributed by atoms with Crippen molar-refractivity contribution in [1.82, 2.24) is 4.90 Å². The molecule has 0 aliphatic carbocycles. The summed E-state index contributed by atoms with van der Waals surface area (Å²) in [6.45, 7) is 4.92. The second kappa shape index (κ2) is 4.11. The van der Waals surface area contributed by atoms with Gasteiger partial charge in [-0.3, -0.25) is 4.90 Å². The summed E-state index contributed by atoms with van der Waals surface area (Å²) in [6.07, 6.45) is 0.812. The Morgan fingerprint density at radius 2 is 2.07 bits per heavy atom. The van der Waals surface area contributed by atoms with E-state index in [9.17, 15) is 5.11 Å². The van der Waals surface area contributed by atoms with E-state index in [2.05, 4.69) is 36.1 Å². The summed E-state index contributed by atoms with van der Waals surface area (Å²) >= 11 is 0. The molecule has 0 aromatic heterocycles. The third-order valence-electron chi connectivity index (χ3n) is 2.77. The first kappa shape index (κ1) is 9.69. The Hall–Kier alpha value is -0.860. The molecule has 1 aliphatic heterocycles. The maximum Gasteiger partial charge on any atom is 0.0679 e. The van der Waals surface area contributed by atoms with Gasteiger partial charge in [0.1, 0.15) is 0 Å². The van der Waals surface area contributed by atoms with E-state index in [1.807, 2.05) is 0 Å². The maximum atomic E-state index is 9.38. The Bertz CT molecular complexity index is 294. The van der Waals surface area contributed by atoms with E-state index >= 15 is 0 Å². The van der Waals surface area contributed by atoms with E-state index in [0.29, 0.717) is 0 Å². The monoisotopic (exact) mass is 191 g/mol. The van der Waals surface area contributed by atoms with Crippen LogP contribution in [0.4, 0.5) is 0 Å². The van der Waals surface area contributed by atoms with Crippen molar-refractivity contribution in [3.63, 3.8) is 0 Å².